The molecule has 0 aliphatic heterocycles. The van der Waals surface area contributed by atoms with E-state index in [1.54, 1.807) is 42.6 Å². The van der Waals surface area contributed by atoms with E-state index >= 15 is 0 Å². The molecule has 0 fully saturated rings. The number of benzene rings is 2. The first-order valence-electron chi connectivity index (χ1n) is 9.95. The lowest BCUT2D eigenvalue weighted by Crippen LogP contribution is -2.33. The van der Waals surface area contributed by atoms with Crippen LogP contribution in [0.5, 0.6) is 5.75 Å². The second-order valence-corrected chi connectivity index (χ2v) is 7.49. The summed E-state index contributed by atoms with van der Waals surface area (Å²) >= 11 is 0. The fourth-order valence-electron chi connectivity index (χ4n) is 3.57. The van der Waals surface area contributed by atoms with Crippen LogP contribution in [0.2, 0.25) is 0 Å². The fourth-order valence-corrected chi connectivity index (χ4v) is 3.57. The van der Waals surface area contributed by atoms with Crippen molar-refractivity contribution in [3.8, 4) is 5.75 Å². The minimum atomic E-state index is -0.226. The van der Waals surface area contributed by atoms with E-state index in [1.165, 1.54) is 0 Å². The fraction of sp³-hybridized carbons (Fsp3) is 0.160. The number of ether oxygens (including phenoxy) is 1. The number of pyridine rings is 2. The van der Waals surface area contributed by atoms with E-state index in [0.29, 0.717) is 22.4 Å². The van der Waals surface area contributed by atoms with Crippen molar-refractivity contribution in [2.24, 2.45) is 0 Å². The number of aryl methyl sites for hydroxylation is 2. The monoisotopic (exact) mass is 413 g/mol. The number of nitrogens with one attached hydrogen (secondary N) is 1. The number of aromatic nitrogens is 2. The van der Waals surface area contributed by atoms with E-state index in [9.17, 15) is 9.59 Å². The molecular formula is C25H23N3O3. The molecule has 1 amide bonds. The molecule has 31 heavy (non-hydrogen) atoms. The smallest absolute Gasteiger partial charge is 0.258 e. The van der Waals surface area contributed by atoms with Gasteiger partial charge in [-0.25, -0.2) is 0 Å². The Labute approximate surface area is 180 Å². The molecule has 156 valence electrons. The van der Waals surface area contributed by atoms with Gasteiger partial charge in [0.05, 0.1) is 13.7 Å². The highest BCUT2D eigenvalue weighted by atomic mass is 16.5. The van der Waals surface area contributed by atoms with E-state index in [2.05, 4.69) is 9.97 Å². The average Bonchev–Trinajstić information content (AvgIpc) is 2.79. The van der Waals surface area contributed by atoms with E-state index in [-0.39, 0.29) is 18.0 Å². The van der Waals surface area contributed by atoms with Crippen LogP contribution < -0.4 is 15.2 Å². The molecule has 0 atom stereocenters. The summed E-state index contributed by atoms with van der Waals surface area (Å²) in [5, 5.41) is 0.839. The molecule has 1 N–H and O–H groups in total. The molecule has 0 saturated carbocycles. The maximum atomic E-state index is 13.5. The van der Waals surface area contributed by atoms with Gasteiger partial charge in [-0.2, -0.15) is 0 Å². The van der Waals surface area contributed by atoms with Crippen LogP contribution >= 0.6 is 0 Å². The van der Waals surface area contributed by atoms with Gasteiger partial charge in [-0.15, -0.1) is 0 Å². The molecule has 0 aliphatic carbocycles. The predicted octanol–water partition coefficient (Wildman–Crippen LogP) is 4.40. The minimum absolute atomic E-state index is 0.133. The summed E-state index contributed by atoms with van der Waals surface area (Å²) in [7, 11) is 1.60. The highest BCUT2D eigenvalue weighted by molar-refractivity contribution is 6.06. The van der Waals surface area contributed by atoms with Gasteiger partial charge < -0.3 is 14.6 Å². The zero-order valence-electron chi connectivity index (χ0n) is 17.7. The Hall–Kier alpha value is -3.93. The normalized spacial score (nSPS) is 10.8. The van der Waals surface area contributed by atoms with Gasteiger partial charge in [0, 0.05) is 40.1 Å². The Balaban J connectivity index is 1.82. The Kier molecular flexibility index (Phi) is 5.54. The molecule has 0 bridgehead atoms. The molecule has 2 heterocycles. The zero-order chi connectivity index (χ0) is 22.0. The molecule has 0 aliphatic rings. The van der Waals surface area contributed by atoms with Crippen LogP contribution in [0.15, 0.2) is 71.8 Å². The third kappa shape index (κ3) is 4.19. The summed E-state index contributed by atoms with van der Waals surface area (Å²) in [6, 6.07) is 16.6. The van der Waals surface area contributed by atoms with E-state index < -0.39 is 0 Å². The van der Waals surface area contributed by atoms with Crippen molar-refractivity contribution in [1.29, 1.82) is 0 Å². The second kappa shape index (κ2) is 8.44. The summed E-state index contributed by atoms with van der Waals surface area (Å²) < 4.78 is 5.31. The standard InChI is InChI=1S/C25H23N3O3/c1-16-4-5-17(2)23(12-16)28(25(30)18-8-10-26-11-9-18)15-20-13-19-14-21(31-3)6-7-22(19)27-24(20)29/h4-14H,15H2,1-3H3,(H,27,29). The van der Waals surface area contributed by atoms with Crippen molar-refractivity contribution >= 4 is 22.5 Å². The van der Waals surface area contributed by atoms with Crippen molar-refractivity contribution in [2.45, 2.75) is 20.4 Å². The Bertz CT molecular complexity index is 1310. The molecule has 0 radical (unpaired) electrons. The number of methoxy groups -OCH3 is 1. The van der Waals surface area contributed by atoms with Crippen LogP contribution in [0.4, 0.5) is 5.69 Å². The quantitative estimate of drug-likeness (QED) is 0.526. The maximum absolute atomic E-state index is 13.5. The first-order chi connectivity index (χ1) is 15.0. The average molecular weight is 413 g/mol. The molecule has 2 aromatic carbocycles. The lowest BCUT2D eigenvalue weighted by Gasteiger charge is -2.25. The highest BCUT2D eigenvalue weighted by Gasteiger charge is 2.21. The number of hydrogen-bond donors (Lipinski definition) is 1. The molecular weight excluding hydrogens is 390 g/mol. The third-order valence-electron chi connectivity index (χ3n) is 5.28. The third-order valence-corrected chi connectivity index (χ3v) is 5.28. The molecule has 0 spiro atoms. The summed E-state index contributed by atoms with van der Waals surface area (Å²) in [4.78, 5) is 34.8. The second-order valence-electron chi connectivity index (χ2n) is 7.49. The molecule has 6 heteroatoms. The SMILES string of the molecule is COc1ccc2[nH]c(=O)c(CN(C(=O)c3ccncc3)c3cc(C)ccc3C)cc2c1. The van der Waals surface area contributed by atoms with Crippen molar-refractivity contribution in [3.05, 3.63) is 99.6 Å². The molecule has 4 aromatic rings. The number of nitrogens with zero attached hydrogens (tertiary/aromatic N) is 2. The summed E-state index contributed by atoms with van der Waals surface area (Å²) in [5.41, 5.74) is 4.24. The van der Waals surface area contributed by atoms with Crippen LogP contribution in [0.1, 0.15) is 27.0 Å². The lowest BCUT2D eigenvalue weighted by molar-refractivity contribution is 0.0985. The van der Waals surface area contributed by atoms with Crippen molar-refractivity contribution in [3.63, 3.8) is 0 Å². The van der Waals surface area contributed by atoms with Crippen LogP contribution in [0.25, 0.3) is 10.9 Å². The Morgan fingerprint density at radius 1 is 1.03 bits per heavy atom. The number of H-pyrrole nitrogens is 1. The largest absolute Gasteiger partial charge is 0.497 e. The summed E-state index contributed by atoms with van der Waals surface area (Å²) in [5.74, 6) is 0.506. The van der Waals surface area contributed by atoms with Crippen LogP contribution in [0, 0.1) is 13.8 Å². The molecule has 0 unspecified atom stereocenters. The van der Waals surface area contributed by atoms with Gasteiger partial charge in [-0.1, -0.05) is 12.1 Å². The number of anilines is 1. The number of carbonyl (C=O) groups is 1. The van der Waals surface area contributed by atoms with Crippen LogP contribution in [-0.4, -0.2) is 23.0 Å². The predicted molar refractivity (Wildman–Crippen MR) is 122 cm³/mol. The Morgan fingerprint density at radius 3 is 2.55 bits per heavy atom. The number of carbonyl (C=O) groups excluding carboxylic acids is 1. The molecule has 4 rings (SSSR count). The first-order valence-corrected chi connectivity index (χ1v) is 9.95. The summed E-state index contributed by atoms with van der Waals surface area (Å²) in [6.07, 6.45) is 3.17. The van der Waals surface area contributed by atoms with Crippen molar-refractivity contribution in [2.75, 3.05) is 12.0 Å². The number of fused-ring (bicyclic) bond motifs is 1. The van der Waals surface area contributed by atoms with Crippen LogP contribution in [0.3, 0.4) is 0 Å². The molecule has 0 saturated heterocycles. The minimum Gasteiger partial charge on any atom is -0.497 e. The van der Waals surface area contributed by atoms with Gasteiger partial charge in [-0.3, -0.25) is 14.6 Å². The van der Waals surface area contributed by atoms with Crippen molar-refractivity contribution < 1.29 is 9.53 Å². The number of rotatable bonds is 5. The Morgan fingerprint density at radius 2 is 1.81 bits per heavy atom. The molecule has 6 nitrogen and oxygen atoms in total. The van der Waals surface area contributed by atoms with Gasteiger partial charge >= 0.3 is 0 Å². The number of aromatic amines is 1. The van der Waals surface area contributed by atoms with Gasteiger partial charge in [0.15, 0.2) is 0 Å². The van der Waals surface area contributed by atoms with Gasteiger partial charge in [0.25, 0.3) is 11.5 Å². The maximum Gasteiger partial charge on any atom is 0.258 e. The highest BCUT2D eigenvalue weighted by Crippen LogP contribution is 2.26. The van der Waals surface area contributed by atoms with E-state index in [1.807, 2.05) is 50.2 Å². The lowest BCUT2D eigenvalue weighted by atomic mass is 10.1. The van der Waals surface area contributed by atoms with Gasteiger partial charge in [0.1, 0.15) is 5.75 Å². The van der Waals surface area contributed by atoms with Crippen molar-refractivity contribution in [1.82, 2.24) is 9.97 Å². The van der Waals surface area contributed by atoms with Gasteiger partial charge in [0.2, 0.25) is 0 Å². The van der Waals surface area contributed by atoms with Gasteiger partial charge in [-0.05, 0) is 67.4 Å². The zero-order valence-corrected chi connectivity index (χ0v) is 17.7. The molecule has 2 aromatic heterocycles. The van der Waals surface area contributed by atoms with Crippen LogP contribution in [-0.2, 0) is 6.54 Å². The summed E-state index contributed by atoms with van der Waals surface area (Å²) in [6.45, 7) is 4.07. The number of amides is 1. The van der Waals surface area contributed by atoms with E-state index in [4.69, 9.17) is 4.74 Å². The topological polar surface area (TPSA) is 75.3 Å². The first kappa shape index (κ1) is 20.3. The number of hydrogen-bond acceptors (Lipinski definition) is 4. The van der Waals surface area contributed by atoms with E-state index in [0.717, 1.165) is 22.2 Å².